The normalized spacial score (nSPS) is 14.3. The summed E-state index contributed by atoms with van der Waals surface area (Å²) in [4.78, 5) is 0. The number of hydrogen-bond donors (Lipinski definition) is 1. The predicted octanol–water partition coefficient (Wildman–Crippen LogP) is 3.97. The summed E-state index contributed by atoms with van der Waals surface area (Å²) >= 11 is 11.9. The highest BCUT2D eigenvalue weighted by molar-refractivity contribution is 7.88. The second kappa shape index (κ2) is 7.85. The molecule has 0 aliphatic heterocycles. The van der Waals surface area contributed by atoms with E-state index < -0.39 is 15.6 Å². The van der Waals surface area contributed by atoms with Gasteiger partial charge in [0.25, 0.3) is 0 Å². The van der Waals surface area contributed by atoms with Gasteiger partial charge >= 0.3 is 0 Å². The molecule has 4 nitrogen and oxygen atoms in total. The van der Waals surface area contributed by atoms with Crippen LogP contribution in [0.2, 0.25) is 10.0 Å². The lowest BCUT2D eigenvalue weighted by atomic mass is 9.96. The van der Waals surface area contributed by atoms with Crippen LogP contribution in [0.1, 0.15) is 18.1 Å². The third-order valence-electron chi connectivity index (χ3n) is 3.76. The summed E-state index contributed by atoms with van der Waals surface area (Å²) in [6.45, 7) is 1.90. The molecule has 2 aromatic rings. The average molecular weight is 388 g/mol. The Hall–Kier alpha value is -1.11. The summed E-state index contributed by atoms with van der Waals surface area (Å²) in [5.41, 5.74) is 0.589. The number of sulfonamides is 1. The van der Waals surface area contributed by atoms with Crippen LogP contribution in [0.5, 0.6) is 0 Å². The smallest absolute Gasteiger partial charge is 0.215 e. The molecule has 0 aliphatic rings. The van der Waals surface area contributed by atoms with Crippen molar-refractivity contribution in [1.29, 1.82) is 0 Å². The Labute approximate surface area is 152 Å². The summed E-state index contributed by atoms with van der Waals surface area (Å²) in [5.74, 6) is -0.150. The Morgan fingerprint density at radius 1 is 1.08 bits per heavy atom. The van der Waals surface area contributed by atoms with E-state index in [9.17, 15) is 8.42 Å². The first-order chi connectivity index (χ1) is 11.2. The molecular weight excluding hydrogens is 369 g/mol. The second-order valence-corrected chi connectivity index (χ2v) is 8.34. The molecule has 2 aromatic carbocycles. The van der Waals surface area contributed by atoms with Gasteiger partial charge in [-0.05, 0) is 42.3 Å². The summed E-state index contributed by atoms with van der Waals surface area (Å²) < 4.78 is 32.8. The van der Waals surface area contributed by atoms with Gasteiger partial charge in [0.1, 0.15) is 5.60 Å². The maximum absolute atomic E-state index is 12.3. The minimum absolute atomic E-state index is 0.0900. The van der Waals surface area contributed by atoms with Gasteiger partial charge in [0, 0.05) is 23.7 Å². The van der Waals surface area contributed by atoms with Gasteiger partial charge in [0.05, 0.1) is 5.75 Å². The molecule has 0 saturated heterocycles. The first-order valence-corrected chi connectivity index (χ1v) is 9.68. The molecule has 130 valence electrons. The molecule has 0 heterocycles. The van der Waals surface area contributed by atoms with Gasteiger partial charge in [-0.1, -0.05) is 47.5 Å². The van der Waals surface area contributed by atoms with Gasteiger partial charge in [-0.3, -0.25) is 0 Å². The van der Waals surface area contributed by atoms with Gasteiger partial charge in [0.15, 0.2) is 0 Å². The summed E-state index contributed by atoms with van der Waals surface area (Å²) in [5, 5.41) is 1.07. The van der Waals surface area contributed by atoms with E-state index in [1.807, 2.05) is 6.07 Å². The fraction of sp³-hybridized carbons (Fsp3) is 0.294. The van der Waals surface area contributed by atoms with Crippen LogP contribution in [-0.2, 0) is 26.1 Å². The number of benzene rings is 2. The van der Waals surface area contributed by atoms with E-state index in [1.165, 1.54) is 7.11 Å². The highest BCUT2D eigenvalue weighted by atomic mass is 35.5. The minimum Gasteiger partial charge on any atom is -0.372 e. The maximum atomic E-state index is 12.3. The molecule has 1 atom stereocenters. The fourth-order valence-electron chi connectivity index (χ4n) is 2.25. The highest BCUT2D eigenvalue weighted by Gasteiger charge is 2.28. The van der Waals surface area contributed by atoms with Gasteiger partial charge in [-0.25, -0.2) is 13.1 Å². The van der Waals surface area contributed by atoms with E-state index in [4.69, 9.17) is 27.9 Å². The van der Waals surface area contributed by atoms with Gasteiger partial charge in [-0.15, -0.1) is 0 Å². The Bertz CT molecular complexity index is 811. The third-order valence-corrected chi connectivity index (χ3v) is 5.53. The lowest BCUT2D eigenvalue weighted by Gasteiger charge is -2.29. The van der Waals surface area contributed by atoms with Crippen molar-refractivity contribution in [2.75, 3.05) is 13.7 Å². The van der Waals surface area contributed by atoms with Crippen molar-refractivity contribution in [2.45, 2.75) is 18.3 Å². The van der Waals surface area contributed by atoms with Crippen molar-refractivity contribution >= 4 is 33.2 Å². The zero-order valence-electron chi connectivity index (χ0n) is 13.4. The molecule has 0 amide bonds. The molecular formula is C17H19Cl2NO3S. The summed E-state index contributed by atoms with van der Waals surface area (Å²) in [6, 6.07) is 13.9. The van der Waals surface area contributed by atoms with E-state index in [-0.39, 0.29) is 12.3 Å². The molecule has 1 N–H and O–H groups in total. The zero-order chi connectivity index (χ0) is 17.8. The van der Waals surface area contributed by atoms with Crippen molar-refractivity contribution < 1.29 is 13.2 Å². The summed E-state index contributed by atoms with van der Waals surface area (Å²) in [7, 11) is -2.00. The molecule has 24 heavy (non-hydrogen) atoms. The number of methoxy groups -OCH3 is 1. The number of hydrogen-bond acceptors (Lipinski definition) is 3. The van der Waals surface area contributed by atoms with Crippen LogP contribution >= 0.6 is 23.2 Å². The fourth-order valence-corrected chi connectivity index (χ4v) is 3.87. The number of rotatable bonds is 7. The molecule has 0 aliphatic carbocycles. The van der Waals surface area contributed by atoms with Crippen LogP contribution < -0.4 is 4.72 Å². The Kier molecular flexibility index (Phi) is 6.28. The minimum atomic E-state index is -3.53. The van der Waals surface area contributed by atoms with Crippen LogP contribution in [0.4, 0.5) is 0 Å². The van der Waals surface area contributed by atoms with Crippen LogP contribution in [0.25, 0.3) is 0 Å². The first-order valence-electron chi connectivity index (χ1n) is 7.27. The molecule has 0 saturated carbocycles. The van der Waals surface area contributed by atoms with Crippen LogP contribution in [0, 0.1) is 0 Å². The summed E-state index contributed by atoms with van der Waals surface area (Å²) in [6.07, 6.45) is 0. The first kappa shape index (κ1) is 19.2. The zero-order valence-corrected chi connectivity index (χ0v) is 15.8. The van der Waals surface area contributed by atoms with Crippen molar-refractivity contribution in [1.82, 2.24) is 4.72 Å². The Morgan fingerprint density at radius 2 is 1.71 bits per heavy atom. The lowest BCUT2D eigenvalue weighted by Crippen LogP contribution is -2.40. The Morgan fingerprint density at radius 3 is 2.29 bits per heavy atom. The molecule has 0 fully saturated rings. The topological polar surface area (TPSA) is 55.4 Å². The van der Waals surface area contributed by atoms with Gasteiger partial charge in [-0.2, -0.15) is 0 Å². The standard InChI is InChI=1S/C17H19Cl2NO3S/c1-17(23-2,14-6-4-8-16(19)10-14)12-20-24(21,22)11-13-5-3-7-15(18)9-13/h3-10,20H,11-12H2,1-2H3. The molecule has 1 unspecified atom stereocenters. The van der Waals surface area contributed by atoms with E-state index in [2.05, 4.69) is 4.72 Å². The number of ether oxygens (including phenoxy) is 1. The maximum Gasteiger partial charge on any atom is 0.215 e. The average Bonchev–Trinajstić information content (AvgIpc) is 2.52. The van der Waals surface area contributed by atoms with E-state index in [0.29, 0.717) is 15.6 Å². The molecule has 0 spiro atoms. The van der Waals surface area contributed by atoms with Crippen LogP contribution in [-0.4, -0.2) is 22.1 Å². The van der Waals surface area contributed by atoms with Crippen LogP contribution in [0.3, 0.4) is 0 Å². The van der Waals surface area contributed by atoms with Crippen LogP contribution in [0.15, 0.2) is 48.5 Å². The third kappa shape index (κ3) is 5.19. The predicted molar refractivity (Wildman–Crippen MR) is 97.9 cm³/mol. The van der Waals surface area contributed by atoms with Gasteiger partial charge in [0.2, 0.25) is 10.0 Å². The SMILES string of the molecule is COC(C)(CNS(=O)(=O)Cc1cccc(Cl)c1)c1cccc(Cl)c1. The van der Waals surface area contributed by atoms with E-state index in [1.54, 1.807) is 49.4 Å². The number of halogens is 2. The molecule has 2 rings (SSSR count). The van der Waals surface area contributed by atoms with Gasteiger partial charge < -0.3 is 4.74 Å². The van der Waals surface area contributed by atoms with Crippen molar-refractivity contribution in [2.24, 2.45) is 0 Å². The van der Waals surface area contributed by atoms with Crippen molar-refractivity contribution in [3.63, 3.8) is 0 Å². The Balaban J connectivity index is 2.11. The van der Waals surface area contributed by atoms with Crippen molar-refractivity contribution in [3.05, 3.63) is 69.7 Å². The highest BCUT2D eigenvalue weighted by Crippen LogP contribution is 2.26. The lowest BCUT2D eigenvalue weighted by molar-refractivity contribution is 0.00698. The monoisotopic (exact) mass is 387 g/mol. The molecule has 0 aromatic heterocycles. The second-order valence-electron chi connectivity index (χ2n) is 5.66. The van der Waals surface area contributed by atoms with E-state index >= 15 is 0 Å². The van der Waals surface area contributed by atoms with Crippen molar-refractivity contribution in [3.8, 4) is 0 Å². The molecule has 0 bridgehead atoms. The quantitative estimate of drug-likeness (QED) is 0.781. The largest absolute Gasteiger partial charge is 0.372 e. The van der Waals surface area contributed by atoms with E-state index in [0.717, 1.165) is 5.56 Å². The molecule has 0 radical (unpaired) electrons. The number of nitrogens with one attached hydrogen (secondary N) is 1. The molecule has 7 heteroatoms.